The number of ether oxygens (including phenoxy) is 1. The quantitative estimate of drug-likeness (QED) is 0.356. The van der Waals surface area contributed by atoms with E-state index < -0.39 is 30.2 Å². The van der Waals surface area contributed by atoms with E-state index in [9.17, 15) is 14.3 Å². The van der Waals surface area contributed by atoms with Gasteiger partial charge in [-0.15, -0.1) is 0 Å². The number of amides is 1. The van der Waals surface area contributed by atoms with Gasteiger partial charge in [0.15, 0.2) is 29.0 Å². The molecule has 0 radical (unpaired) electrons. The summed E-state index contributed by atoms with van der Waals surface area (Å²) < 4.78 is 21.3. The van der Waals surface area contributed by atoms with E-state index in [0.29, 0.717) is 29.1 Å². The molecule has 4 aromatic rings. The number of hydrogen-bond acceptors (Lipinski definition) is 9. The van der Waals surface area contributed by atoms with Gasteiger partial charge in [-0.05, 0) is 36.9 Å². The number of fused-ring (bicyclic) bond motifs is 1. The van der Waals surface area contributed by atoms with E-state index in [2.05, 4.69) is 42.1 Å². The molecule has 1 aliphatic heterocycles. The molecule has 5 heterocycles. The van der Waals surface area contributed by atoms with Crippen LogP contribution in [0.3, 0.4) is 0 Å². The fraction of sp³-hybridized carbons (Fsp3) is 0.250. The van der Waals surface area contributed by atoms with Crippen molar-refractivity contribution in [2.75, 3.05) is 5.32 Å². The number of carbonyl (C=O) groups is 1. The SMILES string of the molecule is C=CNC(=O)[C@@H]1C[C@@H](O)[C@H](n2cnc3c(NCc4cc(C)ccn4)nc(-c4cncc(F)c4)nc32)O1. The van der Waals surface area contributed by atoms with Gasteiger partial charge in [-0.3, -0.25) is 19.3 Å². The number of imidazole rings is 1. The van der Waals surface area contributed by atoms with Crippen LogP contribution in [0.2, 0.25) is 0 Å². The van der Waals surface area contributed by atoms with Crippen molar-refractivity contribution in [2.45, 2.75) is 38.3 Å². The highest BCUT2D eigenvalue weighted by atomic mass is 19.1. The molecule has 1 aliphatic rings. The second-order valence-corrected chi connectivity index (χ2v) is 8.32. The molecule has 1 saturated heterocycles. The van der Waals surface area contributed by atoms with E-state index in [-0.39, 0.29) is 12.2 Å². The van der Waals surface area contributed by atoms with Gasteiger partial charge in [0.25, 0.3) is 5.91 Å². The van der Waals surface area contributed by atoms with Crippen molar-refractivity contribution in [3.8, 4) is 11.4 Å². The largest absolute Gasteiger partial charge is 0.388 e. The lowest BCUT2D eigenvalue weighted by atomic mass is 10.2. The van der Waals surface area contributed by atoms with Crippen LogP contribution in [0.4, 0.5) is 10.2 Å². The Labute approximate surface area is 205 Å². The summed E-state index contributed by atoms with van der Waals surface area (Å²) in [5.41, 5.74) is 2.95. The molecule has 0 spiro atoms. The predicted molar refractivity (Wildman–Crippen MR) is 128 cm³/mol. The molecule has 11 nitrogen and oxygen atoms in total. The molecule has 0 saturated carbocycles. The molecular weight excluding hydrogens is 467 g/mol. The number of halogens is 1. The first-order chi connectivity index (χ1) is 17.4. The number of rotatable bonds is 7. The molecular formula is C24H23FN8O3. The maximum absolute atomic E-state index is 13.9. The van der Waals surface area contributed by atoms with Crippen LogP contribution in [0, 0.1) is 12.7 Å². The highest BCUT2D eigenvalue weighted by Gasteiger charge is 2.39. The van der Waals surface area contributed by atoms with Crippen LogP contribution >= 0.6 is 0 Å². The van der Waals surface area contributed by atoms with E-state index in [1.165, 1.54) is 29.4 Å². The second-order valence-electron chi connectivity index (χ2n) is 8.32. The number of aromatic nitrogens is 6. The Hall–Kier alpha value is -4.29. The first-order valence-electron chi connectivity index (χ1n) is 11.2. The zero-order chi connectivity index (χ0) is 25.2. The van der Waals surface area contributed by atoms with Crippen LogP contribution in [0.25, 0.3) is 22.6 Å². The Bertz CT molecular complexity index is 1440. The molecule has 1 fully saturated rings. The second kappa shape index (κ2) is 9.76. The Kier molecular flexibility index (Phi) is 6.36. The molecule has 3 N–H and O–H groups in total. The van der Waals surface area contributed by atoms with Crippen LogP contribution in [0.15, 0.2) is 55.9 Å². The number of aliphatic hydroxyl groups is 1. The van der Waals surface area contributed by atoms with E-state index >= 15 is 0 Å². The maximum Gasteiger partial charge on any atom is 0.253 e. The highest BCUT2D eigenvalue weighted by Crippen LogP contribution is 2.33. The monoisotopic (exact) mass is 490 g/mol. The molecule has 1 amide bonds. The number of aliphatic hydroxyl groups excluding tert-OH is 1. The van der Waals surface area contributed by atoms with Crippen LogP contribution in [0.1, 0.15) is 23.9 Å². The van der Waals surface area contributed by atoms with Crippen molar-refractivity contribution in [3.05, 3.63) is 73.0 Å². The van der Waals surface area contributed by atoms with Crippen molar-refractivity contribution >= 4 is 22.9 Å². The molecule has 5 rings (SSSR count). The van der Waals surface area contributed by atoms with Crippen molar-refractivity contribution in [3.63, 3.8) is 0 Å². The molecule has 0 aromatic carbocycles. The molecule has 184 valence electrons. The lowest BCUT2D eigenvalue weighted by Gasteiger charge is -2.17. The van der Waals surface area contributed by atoms with Gasteiger partial charge in [0.05, 0.1) is 24.8 Å². The van der Waals surface area contributed by atoms with Crippen molar-refractivity contribution in [1.29, 1.82) is 0 Å². The Morgan fingerprint density at radius 1 is 1.33 bits per heavy atom. The topological polar surface area (TPSA) is 140 Å². The molecule has 12 heteroatoms. The Balaban J connectivity index is 1.55. The van der Waals surface area contributed by atoms with Gasteiger partial charge in [-0.1, -0.05) is 6.58 Å². The smallest absolute Gasteiger partial charge is 0.253 e. The van der Waals surface area contributed by atoms with Crippen molar-refractivity contribution < 1.29 is 19.0 Å². The van der Waals surface area contributed by atoms with Crippen molar-refractivity contribution in [1.82, 2.24) is 34.8 Å². The van der Waals surface area contributed by atoms with E-state index in [0.717, 1.165) is 17.5 Å². The summed E-state index contributed by atoms with van der Waals surface area (Å²) in [5, 5.41) is 16.4. The Morgan fingerprint density at radius 2 is 2.19 bits per heavy atom. The minimum atomic E-state index is -0.995. The summed E-state index contributed by atoms with van der Waals surface area (Å²) in [6.07, 6.45) is 4.27. The zero-order valence-corrected chi connectivity index (χ0v) is 19.3. The molecule has 4 aromatic heterocycles. The lowest BCUT2D eigenvalue weighted by Crippen LogP contribution is -2.30. The third kappa shape index (κ3) is 4.63. The first kappa shape index (κ1) is 23.5. The van der Waals surface area contributed by atoms with Crippen LogP contribution < -0.4 is 10.6 Å². The number of anilines is 1. The molecule has 0 unspecified atom stereocenters. The van der Waals surface area contributed by atoms with Gasteiger partial charge in [-0.25, -0.2) is 19.3 Å². The highest BCUT2D eigenvalue weighted by molar-refractivity contribution is 5.85. The van der Waals surface area contributed by atoms with Gasteiger partial charge in [-0.2, -0.15) is 0 Å². The summed E-state index contributed by atoms with van der Waals surface area (Å²) in [5.74, 6) is -0.363. The van der Waals surface area contributed by atoms with Gasteiger partial charge in [0.1, 0.15) is 18.0 Å². The summed E-state index contributed by atoms with van der Waals surface area (Å²) in [6, 6.07) is 5.12. The Morgan fingerprint density at radius 3 is 2.97 bits per heavy atom. The summed E-state index contributed by atoms with van der Waals surface area (Å²) >= 11 is 0. The fourth-order valence-corrected chi connectivity index (χ4v) is 4.02. The summed E-state index contributed by atoms with van der Waals surface area (Å²) in [4.78, 5) is 34.1. The molecule has 0 bridgehead atoms. The van der Waals surface area contributed by atoms with Gasteiger partial charge < -0.3 is 20.5 Å². The fourth-order valence-electron chi connectivity index (χ4n) is 4.02. The van der Waals surface area contributed by atoms with Crippen LogP contribution in [-0.4, -0.2) is 52.7 Å². The van der Waals surface area contributed by atoms with E-state index in [4.69, 9.17) is 4.74 Å². The first-order valence-corrected chi connectivity index (χ1v) is 11.2. The normalized spacial score (nSPS) is 19.4. The number of aryl methyl sites for hydroxylation is 1. The van der Waals surface area contributed by atoms with Crippen LogP contribution in [0.5, 0.6) is 0 Å². The average molecular weight is 490 g/mol. The number of nitrogens with zero attached hydrogens (tertiary/aromatic N) is 6. The van der Waals surface area contributed by atoms with Gasteiger partial charge in [0, 0.05) is 24.4 Å². The number of hydrogen-bond donors (Lipinski definition) is 3. The standard InChI is InChI=1S/C24H23FN8O3/c1-3-27-23(35)18-8-17(34)24(36-18)33-12-30-19-21(29-11-16-6-13(2)4-5-28-16)31-20(32-22(19)33)14-7-15(25)10-26-9-14/h3-7,9-10,12,17-18,24,34H,1,8,11H2,2H3,(H,27,35)(H,29,31,32)/t17-,18+,24-/m1/s1. The number of carbonyl (C=O) groups excluding carboxylic acids is 1. The zero-order valence-electron chi connectivity index (χ0n) is 19.3. The minimum absolute atomic E-state index is 0.0832. The van der Waals surface area contributed by atoms with E-state index in [1.54, 1.807) is 6.20 Å². The summed E-state index contributed by atoms with van der Waals surface area (Å²) in [7, 11) is 0. The summed E-state index contributed by atoms with van der Waals surface area (Å²) in [6.45, 7) is 5.80. The maximum atomic E-state index is 13.9. The van der Waals surface area contributed by atoms with Crippen molar-refractivity contribution in [2.24, 2.45) is 0 Å². The third-order valence-corrected chi connectivity index (χ3v) is 5.69. The van der Waals surface area contributed by atoms with Gasteiger partial charge in [0.2, 0.25) is 0 Å². The van der Waals surface area contributed by atoms with E-state index in [1.807, 2.05) is 19.1 Å². The minimum Gasteiger partial charge on any atom is -0.388 e. The number of nitrogens with one attached hydrogen (secondary N) is 2. The molecule has 36 heavy (non-hydrogen) atoms. The lowest BCUT2D eigenvalue weighted by molar-refractivity contribution is -0.133. The van der Waals surface area contributed by atoms with Crippen LogP contribution in [-0.2, 0) is 16.1 Å². The van der Waals surface area contributed by atoms with Gasteiger partial charge >= 0.3 is 0 Å². The average Bonchev–Trinajstić information content (AvgIpc) is 3.46. The molecule has 3 atom stereocenters. The third-order valence-electron chi connectivity index (χ3n) is 5.69. The number of pyridine rings is 2. The predicted octanol–water partition coefficient (Wildman–Crippen LogP) is 2.25. The molecule has 0 aliphatic carbocycles.